The first kappa shape index (κ1) is 14.6. The second-order valence-electron chi connectivity index (χ2n) is 6.11. The van der Waals surface area contributed by atoms with Crippen LogP contribution in [0, 0.1) is 10.1 Å². The van der Waals surface area contributed by atoms with Crippen LogP contribution in [0.1, 0.15) is 17.9 Å². The molecule has 4 rings (SSSR count). The summed E-state index contributed by atoms with van der Waals surface area (Å²) in [6.07, 6.45) is 2.45. The van der Waals surface area contributed by atoms with Crippen LogP contribution in [0.3, 0.4) is 0 Å². The molecule has 0 N–H and O–H groups in total. The maximum Gasteiger partial charge on any atom is 0.295 e. The molecule has 2 aromatic carbocycles. The fraction of sp³-hybridized carbons (Fsp3) is 0.211. The van der Waals surface area contributed by atoms with Gasteiger partial charge < -0.3 is 4.90 Å². The van der Waals surface area contributed by atoms with Gasteiger partial charge in [-0.15, -0.1) is 0 Å². The van der Waals surface area contributed by atoms with Crippen LogP contribution in [-0.4, -0.2) is 23.0 Å². The van der Waals surface area contributed by atoms with Gasteiger partial charge in [0.2, 0.25) is 0 Å². The summed E-state index contributed by atoms with van der Waals surface area (Å²) in [7, 11) is 0. The number of anilines is 1. The van der Waals surface area contributed by atoms with Gasteiger partial charge >= 0.3 is 0 Å². The van der Waals surface area contributed by atoms with Crippen molar-refractivity contribution < 1.29 is 4.92 Å². The van der Waals surface area contributed by atoms with Crippen LogP contribution in [0.5, 0.6) is 0 Å². The van der Waals surface area contributed by atoms with Gasteiger partial charge in [0.25, 0.3) is 5.69 Å². The minimum absolute atomic E-state index is 0.0631. The second-order valence-corrected chi connectivity index (χ2v) is 6.11. The number of nitro groups is 1. The minimum Gasteiger partial charge on any atom is -0.355 e. The van der Waals surface area contributed by atoms with Crippen LogP contribution in [0.4, 0.5) is 11.5 Å². The number of benzene rings is 2. The zero-order valence-electron chi connectivity index (χ0n) is 13.1. The highest BCUT2D eigenvalue weighted by Gasteiger charge is 2.27. The molecule has 0 saturated carbocycles. The van der Waals surface area contributed by atoms with Crippen molar-refractivity contribution in [2.45, 2.75) is 12.3 Å². The Morgan fingerprint density at radius 1 is 1.04 bits per heavy atom. The molecule has 0 bridgehead atoms. The quantitative estimate of drug-likeness (QED) is 0.538. The predicted molar refractivity (Wildman–Crippen MR) is 94.4 cm³/mol. The third-order valence-corrected chi connectivity index (χ3v) is 4.71. The lowest BCUT2D eigenvalue weighted by atomic mass is 9.99. The Kier molecular flexibility index (Phi) is 3.61. The Bertz CT molecular complexity index is 896. The molecule has 5 nitrogen and oxygen atoms in total. The lowest BCUT2D eigenvalue weighted by Crippen LogP contribution is -2.20. The molecule has 0 spiro atoms. The van der Waals surface area contributed by atoms with E-state index in [0.29, 0.717) is 11.3 Å². The molecule has 1 aliphatic rings. The average molecular weight is 319 g/mol. The van der Waals surface area contributed by atoms with E-state index >= 15 is 0 Å². The van der Waals surface area contributed by atoms with Gasteiger partial charge in [0.1, 0.15) is 12.0 Å². The smallest absolute Gasteiger partial charge is 0.295 e. The highest BCUT2D eigenvalue weighted by atomic mass is 16.6. The molecule has 0 radical (unpaired) electrons. The van der Waals surface area contributed by atoms with E-state index in [4.69, 9.17) is 0 Å². The van der Waals surface area contributed by atoms with E-state index in [1.165, 1.54) is 11.8 Å². The third kappa shape index (κ3) is 2.48. The first-order valence-electron chi connectivity index (χ1n) is 8.06. The SMILES string of the molecule is O=[N+]([O-])c1cnc(N2CC[C@H](c3ccccc3)C2)c2ccccc12. The number of nitrogens with zero attached hydrogens (tertiary/aromatic N) is 3. The molecule has 5 heteroatoms. The van der Waals surface area contributed by atoms with Crippen molar-refractivity contribution in [1.82, 2.24) is 4.98 Å². The molecule has 24 heavy (non-hydrogen) atoms. The monoisotopic (exact) mass is 319 g/mol. The highest BCUT2D eigenvalue weighted by molar-refractivity contribution is 5.98. The summed E-state index contributed by atoms with van der Waals surface area (Å²) in [6, 6.07) is 17.9. The van der Waals surface area contributed by atoms with Crippen LogP contribution in [0.25, 0.3) is 10.8 Å². The summed E-state index contributed by atoms with van der Waals surface area (Å²) >= 11 is 0. The summed E-state index contributed by atoms with van der Waals surface area (Å²) in [5.41, 5.74) is 1.40. The zero-order valence-corrected chi connectivity index (χ0v) is 13.1. The van der Waals surface area contributed by atoms with Gasteiger partial charge in [0.15, 0.2) is 0 Å². The molecular weight excluding hydrogens is 302 g/mol. The molecule has 0 unspecified atom stereocenters. The number of aromatic nitrogens is 1. The van der Waals surface area contributed by atoms with E-state index < -0.39 is 0 Å². The Morgan fingerprint density at radius 2 is 1.75 bits per heavy atom. The van der Waals surface area contributed by atoms with Crippen molar-refractivity contribution in [3.63, 3.8) is 0 Å². The lowest BCUT2D eigenvalue weighted by Gasteiger charge is -2.19. The first-order chi connectivity index (χ1) is 11.7. The molecule has 1 aliphatic heterocycles. The first-order valence-corrected chi connectivity index (χ1v) is 8.06. The highest BCUT2D eigenvalue weighted by Crippen LogP contribution is 2.35. The molecule has 1 saturated heterocycles. The van der Waals surface area contributed by atoms with Crippen molar-refractivity contribution in [2.75, 3.05) is 18.0 Å². The van der Waals surface area contributed by atoms with Crippen LogP contribution >= 0.6 is 0 Å². The van der Waals surface area contributed by atoms with Gasteiger partial charge in [-0.3, -0.25) is 10.1 Å². The molecule has 3 aromatic rings. The molecule has 0 amide bonds. The lowest BCUT2D eigenvalue weighted by molar-refractivity contribution is -0.383. The minimum atomic E-state index is -0.365. The van der Waals surface area contributed by atoms with Crippen LogP contribution in [0.15, 0.2) is 60.8 Å². The summed E-state index contributed by atoms with van der Waals surface area (Å²) < 4.78 is 0. The van der Waals surface area contributed by atoms with E-state index in [-0.39, 0.29) is 10.6 Å². The zero-order chi connectivity index (χ0) is 16.5. The van der Waals surface area contributed by atoms with Gasteiger partial charge in [-0.05, 0) is 18.1 Å². The van der Waals surface area contributed by atoms with Crippen molar-refractivity contribution in [2.24, 2.45) is 0 Å². The number of hydrogen-bond acceptors (Lipinski definition) is 4. The average Bonchev–Trinajstić information content (AvgIpc) is 3.11. The fourth-order valence-corrected chi connectivity index (χ4v) is 3.51. The summed E-state index contributed by atoms with van der Waals surface area (Å²) in [4.78, 5) is 17.5. The number of fused-ring (bicyclic) bond motifs is 1. The van der Waals surface area contributed by atoms with Crippen molar-refractivity contribution in [3.05, 3.63) is 76.5 Å². The molecular formula is C19H17N3O2. The van der Waals surface area contributed by atoms with Crippen LogP contribution < -0.4 is 4.90 Å². The van der Waals surface area contributed by atoms with Crippen molar-refractivity contribution in [1.29, 1.82) is 0 Å². The predicted octanol–water partition coefficient (Wildman–Crippen LogP) is 4.14. The molecule has 1 atom stereocenters. The van der Waals surface area contributed by atoms with Gasteiger partial charge in [-0.25, -0.2) is 4.98 Å². The third-order valence-electron chi connectivity index (χ3n) is 4.71. The Labute approximate surface area is 139 Å². The van der Waals surface area contributed by atoms with Gasteiger partial charge in [-0.2, -0.15) is 0 Å². The van der Waals surface area contributed by atoms with Crippen LogP contribution in [0.2, 0.25) is 0 Å². The number of rotatable bonds is 3. The van der Waals surface area contributed by atoms with Gasteiger partial charge in [0, 0.05) is 24.4 Å². The van der Waals surface area contributed by atoms with E-state index in [2.05, 4.69) is 34.1 Å². The molecule has 120 valence electrons. The maximum absolute atomic E-state index is 11.2. The van der Waals surface area contributed by atoms with E-state index in [0.717, 1.165) is 30.7 Å². The standard InChI is InChI=1S/C19H17N3O2/c23-22(24)18-12-20-19(17-9-5-4-8-16(17)18)21-11-10-15(13-21)14-6-2-1-3-7-14/h1-9,12,15H,10-11,13H2/t15-/m0/s1. The summed E-state index contributed by atoms with van der Waals surface area (Å²) in [5, 5.41) is 12.7. The van der Waals surface area contributed by atoms with Gasteiger partial charge in [-0.1, -0.05) is 48.5 Å². The molecule has 0 aliphatic carbocycles. The Morgan fingerprint density at radius 3 is 2.50 bits per heavy atom. The normalized spacial score (nSPS) is 17.3. The summed E-state index contributed by atoms with van der Waals surface area (Å²) in [5.74, 6) is 1.32. The van der Waals surface area contributed by atoms with E-state index in [1.807, 2.05) is 24.3 Å². The number of hydrogen-bond donors (Lipinski definition) is 0. The fourth-order valence-electron chi connectivity index (χ4n) is 3.51. The van der Waals surface area contributed by atoms with E-state index in [9.17, 15) is 10.1 Å². The Balaban J connectivity index is 1.71. The summed E-state index contributed by atoms with van der Waals surface area (Å²) in [6.45, 7) is 1.80. The topological polar surface area (TPSA) is 59.3 Å². The largest absolute Gasteiger partial charge is 0.355 e. The van der Waals surface area contributed by atoms with Crippen molar-refractivity contribution in [3.8, 4) is 0 Å². The molecule has 1 fully saturated rings. The molecule has 1 aromatic heterocycles. The van der Waals surface area contributed by atoms with Crippen LogP contribution in [-0.2, 0) is 0 Å². The number of pyridine rings is 1. The van der Waals surface area contributed by atoms with E-state index in [1.54, 1.807) is 6.07 Å². The van der Waals surface area contributed by atoms with Gasteiger partial charge in [0.05, 0.1) is 10.3 Å². The van der Waals surface area contributed by atoms with Crippen molar-refractivity contribution >= 4 is 22.3 Å². The molecule has 2 heterocycles. The second kappa shape index (κ2) is 5.92. The Hall–Kier alpha value is -2.95. The maximum atomic E-state index is 11.2.